The Morgan fingerprint density at radius 2 is 1.93 bits per heavy atom. The lowest BCUT2D eigenvalue weighted by Gasteiger charge is -2.13. The minimum absolute atomic E-state index is 0.405. The third-order valence-electron chi connectivity index (χ3n) is 3.72. The van der Waals surface area contributed by atoms with E-state index in [-0.39, 0.29) is 0 Å². The van der Waals surface area contributed by atoms with Gasteiger partial charge < -0.3 is 14.8 Å². The van der Waals surface area contributed by atoms with E-state index < -0.39 is 18.0 Å². The molecule has 140 valence electrons. The molecule has 0 aliphatic heterocycles. The first-order valence-corrected chi connectivity index (χ1v) is 9.84. The molecule has 3 aromatic rings. The average molecular weight is 402 g/mol. The molecule has 1 aromatic carbocycles. The number of aromatic nitrogens is 1. The number of thiophene rings is 1. The summed E-state index contributed by atoms with van der Waals surface area (Å²) in [6.07, 6.45) is -0.939. The molecule has 1 N–H and O–H groups in total. The predicted octanol–water partition coefficient (Wildman–Crippen LogP) is 4.37. The van der Waals surface area contributed by atoms with E-state index in [1.54, 1.807) is 49.6 Å². The van der Waals surface area contributed by atoms with Crippen molar-refractivity contribution in [2.45, 2.75) is 20.0 Å². The van der Waals surface area contributed by atoms with Gasteiger partial charge in [0.15, 0.2) is 6.10 Å². The van der Waals surface area contributed by atoms with Crippen LogP contribution in [-0.4, -0.2) is 30.1 Å². The van der Waals surface area contributed by atoms with Crippen molar-refractivity contribution >= 4 is 40.2 Å². The Morgan fingerprint density at radius 1 is 1.19 bits per heavy atom. The molecule has 8 heteroatoms. The highest BCUT2D eigenvalue weighted by atomic mass is 32.1. The third-order valence-corrected chi connectivity index (χ3v) is 5.90. The molecule has 0 aliphatic rings. The standard InChI is InChI=1S/C19H18N2O4S2/c1-11-16(27-18(20-11)15-5-4-10-26-15)19(23)25-12(2)17(22)21-13-6-8-14(24-3)9-7-13/h4-10,12H,1-3H3,(H,21,22). The van der Waals surface area contributed by atoms with Crippen molar-refractivity contribution in [1.82, 2.24) is 4.98 Å². The second-order valence-corrected chi connectivity index (χ2v) is 7.62. The van der Waals surface area contributed by atoms with Crippen LogP contribution in [-0.2, 0) is 9.53 Å². The Balaban J connectivity index is 1.63. The molecule has 27 heavy (non-hydrogen) atoms. The van der Waals surface area contributed by atoms with Crippen molar-refractivity contribution in [3.63, 3.8) is 0 Å². The van der Waals surface area contributed by atoms with Crippen LogP contribution >= 0.6 is 22.7 Å². The second-order valence-electron chi connectivity index (χ2n) is 5.68. The maximum atomic E-state index is 12.5. The molecule has 0 radical (unpaired) electrons. The number of esters is 1. The van der Waals surface area contributed by atoms with E-state index in [9.17, 15) is 9.59 Å². The molecule has 3 rings (SSSR count). The Hall–Kier alpha value is -2.71. The van der Waals surface area contributed by atoms with E-state index >= 15 is 0 Å². The summed E-state index contributed by atoms with van der Waals surface area (Å²) >= 11 is 2.82. The number of carbonyl (C=O) groups excluding carboxylic acids is 2. The monoisotopic (exact) mass is 402 g/mol. The van der Waals surface area contributed by atoms with Crippen LogP contribution in [0.15, 0.2) is 41.8 Å². The zero-order valence-corrected chi connectivity index (χ0v) is 16.6. The minimum Gasteiger partial charge on any atom is -0.497 e. The van der Waals surface area contributed by atoms with E-state index in [0.29, 0.717) is 22.0 Å². The van der Waals surface area contributed by atoms with Crippen LogP contribution in [0.4, 0.5) is 5.69 Å². The highest BCUT2D eigenvalue weighted by molar-refractivity contribution is 7.22. The normalized spacial score (nSPS) is 11.7. The lowest BCUT2D eigenvalue weighted by atomic mass is 10.3. The molecule has 0 aliphatic carbocycles. The van der Waals surface area contributed by atoms with Gasteiger partial charge >= 0.3 is 5.97 Å². The lowest BCUT2D eigenvalue weighted by Crippen LogP contribution is -2.29. The number of nitrogens with one attached hydrogen (secondary N) is 1. The number of carbonyl (C=O) groups is 2. The predicted molar refractivity (Wildman–Crippen MR) is 107 cm³/mol. The molecule has 0 spiro atoms. The number of anilines is 1. The van der Waals surface area contributed by atoms with Crippen LogP contribution in [0.2, 0.25) is 0 Å². The smallest absolute Gasteiger partial charge is 0.351 e. The molecule has 0 saturated carbocycles. The largest absolute Gasteiger partial charge is 0.497 e. The summed E-state index contributed by atoms with van der Waals surface area (Å²) in [5.41, 5.74) is 1.19. The Bertz CT molecular complexity index is 933. The fraction of sp³-hybridized carbons (Fsp3) is 0.211. The quantitative estimate of drug-likeness (QED) is 0.620. The van der Waals surface area contributed by atoms with Crippen molar-refractivity contribution in [1.29, 1.82) is 0 Å². The Morgan fingerprint density at radius 3 is 2.56 bits per heavy atom. The number of hydrogen-bond acceptors (Lipinski definition) is 7. The van der Waals surface area contributed by atoms with Crippen LogP contribution in [0, 0.1) is 6.92 Å². The first-order valence-electron chi connectivity index (χ1n) is 8.15. The van der Waals surface area contributed by atoms with E-state index in [0.717, 1.165) is 9.88 Å². The summed E-state index contributed by atoms with van der Waals surface area (Å²) in [5.74, 6) is -0.269. The van der Waals surface area contributed by atoms with E-state index in [4.69, 9.17) is 9.47 Å². The molecule has 1 unspecified atom stereocenters. The van der Waals surface area contributed by atoms with Gasteiger partial charge in [-0.2, -0.15) is 0 Å². The average Bonchev–Trinajstić information content (AvgIpc) is 3.31. The van der Waals surface area contributed by atoms with Gasteiger partial charge in [-0.3, -0.25) is 4.79 Å². The first-order chi connectivity index (χ1) is 13.0. The number of thiazole rings is 1. The zero-order chi connectivity index (χ0) is 19.4. The molecule has 0 bridgehead atoms. The zero-order valence-electron chi connectivity index (χ0n) is 15.0. The number of benzene rings is 1. The van der Waals surface area contributed by atoms with Crippen molar-refractivity contribution in [2.75, 3.05) is 12.4 Å². The fourth-order valence-corrected chi connectivity index (χ4v) is 4.02. The molecule has 1 amide bonds. The van der Waals surface area contributed by atoms with Gasteiger partial charge in [0.2, 0.25) is 0 Å². The molecular formula is C19H18N2O4S2. The number of hydrogen-bond donors (Lipinski definition) is 1. The van der Waals surface area contributed by atoms with Gasteiger partial charge in [-0.05, 0) is 49.6 Å². The van der Waals surface area contributed by atoms with Crippen molar-refractivity contribution in [2.24, 2.45) is 0 Å². The summed E-state index contributed by atoms with van der Waals surface area (Å²) in [7, 11) is 1.57. The molecular weight excluding hydrogens is 384 g/mol. The van der Waals surface area contributed by atoms with E-state index in [2.05, 4.69) is 10.3 Å². The van der Waals surface area contributed by atoms with Gasteiger partial charge in [0, 0.05) is 5.69 Å². The summed E-state index contributed by atoms with van der Waals surface area (Å²) < 4.78 is 10.4. The fourth-order valence-electron chi connectivity index (χ4n) is 2.28. The lowest BCUT2D eigenvalue weighted by molar-refractivity contribution is -0.123. The van der Waals surface area contributed by atoms with Gasteiger partial charge in [0.05, 0.1) is 17.7 Å². The highest BCUT2D eigenvalue weighted by Gasteiger charge is 2.23. The van der Waals surface area contributed by atoms with Gasteiger partial charge in [-0.15, -0.1) is 22.7 Å². The highest BCUT2D eigenvalue weighted by Crippen LogP contribution is 2.31. The molecule has 2 aromatic heterocycles. The third kappa shape index (κ3) is 4.53. The molecule has 6 nitrogen and oxygen atoms in total. The number of nitrogens with zero attached hydrogens (tertiary/aromatic N) is 1. The molecule has 1 atom stereocenters. The first kappa shape index (κ1) is 19.1. The summed E-state index contributed by atoms with van der Waals surface area (Å²) in [6, 6.07) is 10.8. The van der Waals surface area contributed by atoms with Gasteiger partial charge in [0.25, 0.3) is 5.91 Å². The molecule has 2 heterocycles. The SMILES string of the molecule is COc1ccc(NC(=O)C(C)OC(=O)c2sc(-c3cccs3)nc2C)cc1. The topological polar surface area (TPSA) is 77.5 Å². The Labute approximate surface area is 164 Å². The van der Waals surface area contributed by atoms with Crippen molar-refractivity contribution in [3.05, 3.63) is 52.3 Å². The number of ether oxygens (including phenoxy) is 2. The van der Waals surface area contributed by atoms with Gasteiger partial charge in [-0.25, -0.2) is 9.78 Å². The van der Waals surface area contributed by atoms with E-state index in [1.165, 1.54) is 18.3 Å². The minimum atomic E-state index is -0.939. The van der Waals surface area contributed by atoms with Gasteiger partial charge in [0.1, 0.15) is 15.6 Å². The van der Waals surface area contributed by atoms with Crippen LogP contribution in [0.25, 0.3) is 9.88 Å². The van der Waals surface area contributed by atoms with Crippen molar-refractivity contribution < 1.29 is 19.1 Å². The maximum absolute atomic E-state index is 12.5. The van der Waals surface area contributed by atoms with Crippen LogP contribution in [0.5, 0.6) is 5.75 Å². The van der Waals surface area contributed by atoms with E-state index in [1.807, 2.05) is 17.5 Å². The number of methoxy groups -OCH3 is 1. The van der Waals surface area contributed by atoms with Crippen LogP contribution in [0.3, 0.4) is 0 Å². The number of aryl methyl sites for hydroxylation is 1. The number of rotatable bonds is 6. The second kappa shape index (κ2) is 8.32. The van der Waals surface area contributed by atoms with Crippen molar-refractivity contribution in [3.8, 4) is 15.6 Å². The Kier molecular flexibility index (Phi) is 5.88. The van der Waals surface area contributed by atoms with Crippen LogP contribution < -0.4 is 10.1 Å². The molecule has 0 saturated heterocycles. The summed E-state index contributed by atoms with van der Waals surface area (Å²) in [5, 5.41) is 5.43. The van der Waals surface area contributed by atoms with Gasteiger partial charge in [-0.1, -0.05) is 6.07 Å². The number of amides is 1. The van der Waals surface area contributed by atoms with Crippen LogP contribution in [0.1, 0.15) is 22.3 Å². The summed E-state index contributed by atoms with van der Waals surface area (Å²) in [4.78, 5) is 30.6. The maximum Gasteiger partial charge on any atom is 0.351 e. The molecule has 0 fully saturated rings. The summed E-state index contributed by atoms with van der Waals surface area (Å²) in [6.45, 7) is 3.29.